The third-order valence-corrected chi connectivity index (χ3v) is 3.72. The first-order chi connectivity index (χ1) is 7.44. The van der Waals surface area contributed by atoms with E-state index in [1.165, 1.54) is 6.07 Å². The fourth-order valence-electron chi connectivity index (χ4n) is 2.38. The minimum atomic E-state index is -0.364. The summed E-state index contributed by atoms with van der Waals surface area (Å²) in [6, 6.07) is 6.79. The summed E-state index contributed by atoms with van der Waals surface area (Å²) < 4.78 is 0. The summed E-state index contributed by atoms with van der Waals surface area (Å²) in [5.41, 5.74) is 0.627. The van der Waals surface area contributed by atoms with Crippen LogP contribution in [0.4, 0.5) is 5.69 Å². The van der Waals surface area contributed by atoms with E-state index in [9.17, 15) is 15.2 Å². The highest BCUT2D eigenvalue weighted by molar-refractivity contribution is 5.44. The number of nitro groups is 1. The van der Waals surface area contributed by atoms with Gasteiger partial charge in [0.1, 0.15) is 0 Å². The summed E-state index contributed by atoms with van der Waals surface area (Å²) in [6.45, 7) is 3.89. The number of aliphatic hydroxyl groups excluding tert-OH is 1. The van der Waals surface area contributed by atoms with Gasteiger partial charge in [0.15, 0.2) is 0 Å². The number of rotatable bonds is 2. The second kappa shape index (κ2) is 3.56. The van der Waals surface area contributed by atoms with Crippen molar-refractivity contribution in [3.8, 4) is 0 Å². The zero-order chi connectivity index (χ0) is 11.9. The quantitative estimate of drug-likeness (QED) is 0.616. The molecule has 0 heterocycles. The number of nitrogens with zero attached hydrogens (tertiary/aromatic N) is 1. The SMILES string of the molecule is CC1(C)C(O)CC1c1ccccc1[N+](=O)[O-]. The highest BCUT2D eigenvalue weighted by Gasteiger charge is 2.49. The molecule has 1 aliphatic carbocycles. The highest BCUT2D eigenvalue weighted by atomic mass is 16.6. The summed E-state index contributed by atoms with van der Waals surface area (Å²) >= 11 is 0. The average molecular weight is 221 g/mol. The molecule has 1 aromatic rings. The molecule has 1 N–H and O–H groups in total. The lowest BCUT2D eigenvalue weighted by Gasteiger charge is -2.49. The van der Waals surface area contributed by atoms with E-state index in [1.54, 1.807) is 12.1 Å². The van der Waals surface area contributed by atoms with Gasteiger partial charge in [-0.1, -0.05) is 32.0 Å². The van der Waals surface area contributed by atoms with Crippen LogP contribution in [0.1, 0.15) is 31.7 Å². The van der Waals surface area contributed by atoms with Crippen LogP contribution in [0, 0.1) is 15.5 Å². The molecule has 0 saturated heterocycles. The second-order valence-electron chi connectivity index (χ2n) is 4.94. The van der Waals surface area contributed by atoms with Crippen molar-refractivity contribution in [3.05, 3.63) is 39.9 Å². The Morgan fingerprint density at radius 2 is 2.06 bits per heavy atom. The maximum Gasteiger partial charge on any atom is 0.272 e. The van der Waals surface area contributed by atoms with Crippen LogP contribution in [0.25, 0.3) is 0 Å². The smallest absolute Gasteiger partial charge is 0.272 e. The normalized spacial score (nSPS) is 27.2. The monoisotopic (exact) mass is 221 g/mol. The fourth-order valence-corrected chi connectivity index (χ4v) is 2.38. The third-order valence-electron chi connectivity index (χ3n) is 3.72. The van der Waals surface area contributed by atoms with Crippen molar-refractivity contribution >= 4 is 5.69 Å². The molecule has 0 radical (unpaired) electrons. The Labute approximate surface area is 94.1 Å². The van der Waals surface area contributed by atoms with Crippen molar-refractivity contribution in [2.24, 2.45) is 5.41 Å². The van der Waals surface area contributed by atoms with Crippen LogP contribution in [0.2, 0.25) is 0 Å². The van der Waals surface area contributed by atoms with E-state index >= 15 is 0 Å². The molecule has 0 spiro atoms. The lowest BCUT2D eigenvalue weighted by molar-refractivity contribution is -0.386. The van der Waals surface area contributed by atoms with Crippen molar-refractivity contribution < 1.29 is 10.0 Å². The summed E-state index contributed by atoms with van der Waals surface area (Å²) in [5.74, 6) is 0.0732. The lowest BCUT2D eigenvalue weighted by Crippen LogP contribution is -2.47. The number of aliphatic hydroxyl groups is 1. The van der Waals surface area contributed by atoms with Crippen LogP contribution < -0.4 is 0 Å². The molecule has 1 fully saturated rings. The van der Waals surface area contributed by atoms with E-state index in [-0.39, 0.29) is 28.0 Å². The van der Waals surface area contributed by atoms with Crippen molar-refractivity contribution in [1.29, 1.82) is 0 Å². The molecule has 1 aliphatic rings. The molecule has 0 aliphatic heterocycles. The Hall–Kier alpha value is -1.42. The van der Waals surface area contributed by atoms with Gasteiger partial charge in [0.05, 0.1) is 11.0 Å². The number of hydrogen-bond donors (Lipinski definition) is 1. The molecule has 86 valence electrons. The van der Waals surface area contributed by atoms with Crippen molar-refractivity contribution in [2.45, 2.75) is 32.3 Å². The van der Waals surface area contributed by atoms with Crippen LogP contribution in [0.15, 0.2) is 24.3 Å². The van der Waals surface area contributed by atoms with Gasteiger partial charge >= 0.3 is 0 Å². The van der Waals surface area contributed by atoms with Gasteiger partial charge in [-0.25, -0.2) is 0 Å². The first-order valence-corrected chi connectivity index (χ1v) is 5.36. The number of benzene rings is 1. The van der Waals surface area contributed by atoms with Gasteiger partial charge in [-0.3, -0.25) is 10.1 Å². The first kappa shape index (κ1) is 11.1. The molecular weight excluding hydrogens is 206 g/mol. The van der Waals surface area contributed by atoms with Crippen LogP contribution in [0.3, 0.4) is 0 Å². The molecule has 1 aromatic carbocycles. The van der Waals surface area contributed by atoms with Crippen LogP contribution in [0.5, 0.6) is 0 Å². The number of nitro benzene ring substituents is 1. The van der Waals surface area contributed by atoms with Crippen molar-refractivity contribution in [2.75, 3.05) is 0 Å². The maximum absolute atomic E-state index is 10.9. The van der Waals surface area contributed by atoms with Crippen molar-refractivity contribution in [3.63, 3.8) is 0 Å². The molecule has 0 bridgehead atoms. The Kier molecular flexibility index (Phi) is 2.46. The first-order valence-electron chi connectivity index (χ1n) is 5.36. The zero-order valence-electron chi connectivity index (χ0n) is 9.38. The minimum absolute atomic E-state index is 0.0732. The van der Waals surface area contributed by atoms with Crippen LogP contribution in [-0.4, -0.2) is 16.1 Å². The summed E-state index contributed by atoms with van der Waals surface area (Å²) in [5, 5.41) is 20.6. The van der Waals surface area contributed by atoms with Crippen molar-refractivity contribution in [1.82, 2.24) is 0 Å². The molecule has 4 nitrogen and oxygen atoms in total. The summed E-state index contributed by atoms with van der Waals surface area (Å²) in [6.07, 6.45) is 0.245. The largest absolute Gasteiger partial charge is 0.393 e. The van der Waals surface area contributed by atoms with Gasteiger partial charge in [0.25, 0.3) is 5.69 Å². The predicted octanol–water partition coefficient (Wildman–Crippen LogP) is 2.47. The average Bonchev–Trinajstić information content (AvgIpc) is 2.25. The number of hydrogen-bond acceptors (Lipinski definition) is 3. The number of para-hydroxylation sites is 1. The van der Waals surface area contributed by atoms with E-state index in [0.717, 1.165) is 5.56 Å². The molecule has 0 amide bonds. The molecule has 1 saturated carbocycles. The van der Waals surface area contributed by atoms with Gasteiger partial charge in [-0.15, -0.1) is 0 Å². The zero-order valence-corrected chi connectivity index (χ0v) is 9.38. The second-order valence-corrected chi connectivity index (χ2v) is 4.94. The standard InChI is InChI=1S/C12H15NO3/c1-12(2)9(7-11(12)14)8-5-3-4-6-10(8)13(15)16/h3-6,9,11,14H,7H2,1-2H3. The van der Waals surface area contributed by atoms with Gasteiger partial charge in [-0.2, -0.15) is 0 Å². The van der Waals surface area contributed by atoms with Crippen LogP contribution >= 0.6 is 0 Å². The van der Waals surface area contributed by atoms with E-state index in [4.69, 9.17) is 0 Å². The summed E-state index contributed by atoms with van der Waals surface area (Å²) in [4.78, 5) is 10.6. The van der Waals surface area contributed by atoms with Gasteiger partial charge in [-0.05, 0) is 11.8 Å². The predicted molar refractivity (Wildman–Crippen MR) is 60.2 cm³/mol. The van der Waals surface area contributed by atoms with Crippen LogP contribution in [-0.2, 0) is 0 Å². The van der Waals surface area contributed by atoms with Gasteiger partial charge in [0.2, 0.25) is 0 Å². The minimum Gasteiger partial charge on any atom is -0.393 e. The van der Waals surface area contributed by atoms with Gasteiger partial charge < -0.3 is 5.11 Å². The van der Waals surface area contributed by atoms with E-state index in [2.05, 4.69) is 0 Å². The van der Waals surface area contributed by atoms with E-state index in [0.29, 0.717) is 6.42 Å². The fraction of sp³-hybridized carbons (Fsp3) is 0.500. The maximum atomic E-state index is 10.9. The molecule has 4 heteroatoms. The third kappa shape index (κ3) is 1.50. The Morgan fingerprint density at radius 1 is 1.44 bits per heavy atom. The molecule has 2 rings (SSSR count). The lowest BCUT2D eigenvalue weighted by atomic mass is 9.57. The summed E-state index contributed by atoms with van der Waals surface area (Å²) in [7, 11) is 0. The molecular formula is C12H15NO3. The van der Waals surface area contributed by atoms with E-state index < -0.39 is 0 Å². The molecule has 16 heavy (non-hydrogen) atoms. The topological polar surface area (TPSA) is 63.4 Å². The Morgan fingerprint density at radius 3 is 2.56 bits per heavy atom. The molecule has 0 aromatic heterocycles. The van der Waals surface area contributed by atoms with Gasteiger partial charge in [0, 0.05) is 17.5 Å². The van der Waals surface area contributed by atoms with E-state index in [1.807, 2.05) is 19.9 Å². The molecule has 2 atom stereocenters. The Balaban J connectivity index is 2.39. The Bertz CT molecular complexity index is 428. The highest BCUT2D eigenvalue weighted by Crippen LogP contribution is 2.54. The molecule has 2 unspecified atom stereocenters.